The minimum atomic E-state index is -4.97. The average molecular weight is 1550 g/mol. The van der Waals surface area contributed by atoms with Crippen molar-refractivity contribution in [3.05, 3.63) is 0 Å². The highest BCUT2D eigenvalue weighted by Gasteiger charge is 2.30. The van der Waals surface area contributed by atoms with E-state index in [1.807, 2.05) is 0 Å². The number of phosphoric acid groups is 2. The van der Waals surface area contributed by atoms with Crippen LogP contribution in [0.15, 0.2) is 0 Å². The Morgan fingerprint density at radius 1 is 0.255 bits per heavy atom. The monoisotopic (exact) mass is 1550 g/mol. The number of esters is 4. The summed E-state index contributed by atoms with van der Waals surface area (Å²) in [6.45, 7) is 12.0. The van der Waals surface area contributed by atoms with Crippen molar-refractivity contribution in [1.82, 2.24) is 0 Å². The maximum atomic E-state index is 13.2. The Hall–Kier alpha value is -1.94. The summed E-state index contributed by atoms with van der Waals surface area (Å²) >= 11 is 0. The van der Waals surface area contributed by atoms with E-state index in [9.17, 15) is 43.2 Å². The van der Waals surface area contributed by atoms with Crippen LogP contribution in [0.4, 0.5) is 0 Å². The van der Waals surface area contributed by atoms with E-state index in [-0.39, 0.29) is 25.7 Å². The summed E-state index contributed by atoms with van der Waals surface area (Å²) in [5.74, 6) is 0.245. The van der Waals surface area contributed by atoms with E-state index in [1.165, 1.54) is 263 Å². The molecular formula is C87H170O17P2. The molecule has 19 heteroatoms. The zero-order chi connectivity index (χ0) is 77.9. The highest BCUT2D eigenvalue weighted by Crippen LogP contribution is 2.45. The van der Waals surface area contributed by atoms with Crippen molar-refractivity contribution >= 4 is 39.5 Å². The summed E-state index contributed by atoms with van der Waals surface area (Å²) in [5.41, 5.74) is 0. The second-order valence-corrected chi connectivity index (χ2v) is 35.6. The standard InChI is InChI=1S/C87H170O17P2/c1-8-9-10-11-12-13-14-15-30-36-41-48-56-63-70-87(92)104-83(75-98-85(90)69-62-55-50-43-46-53-60-67-80(6)7)77-102-106(95,96)100-73-81(88)72-99-105(93,94)101-76-82(103-86(91)71-64-57-49-42-37-32-27-23-19-17-21-25-29-34-39-45-52-59-66-79(4)5)74-97-84(89)68-61-54-47-40-35-31-26-22-18-16-20-24-28-33-38-44-51-58-65-78(2)3/h78-83,88H,8-77H2,1-7H3,(H,93,94)(H,95,96)/t81-,82-,83-/m1/s1. The van der Waals surface area contributed by atoms with Gasteiger partial charge in [0, 0.05) is 25.7 Å². The zero-order valence-electron chi connectivity index (χ0n) is 69.9. The summed E-state index contributed by atoms with van der Waals surface area (Å²) < 4.78 is 68.9. The van der Waals surface area contributed by atoms with Crippen molar-refractivity contribution in [3.8, 4) is 0 Å². The van der Waals surface area contributed by atoms with Gasteiger partial charge in [0.2, 0.25) is 0 Å². The molecule has 0 amide bonds. The minimum absolute atomic E-state index is 0.107. The van der Waals surface area contributed by atoms with Crippen LogP contribution in [0, 0.1) is 17.8 Å². The van der Waals surface area contributed by atoms with Crippen molar-refractivity contribution < 1.29 is 80.2 Å². The number of carbonyl (C=O) groups is 4. The Bertz CT molecular complexity index is 2040. The summed E-state index contributed by atoms with van der Waals surface area (Å²) in [6.07, 6.45) is 68.2. The molecule has 0 aromatic heterocycles. The van der Waals surface area contributed by atoms with E-state index < -0.39 is 97.5 Å². The number of unbranched alkanes of at least 4 members (excludes halogenated alkanes) is 53. The number of hydrogen-bond donors (Lipinski definition) is 3. The highest BCUT2D eigenvalue weighted by molar-refractivity contribution is 7.47. The van der Waals surface area contributed by atoms with Crippen molar-refractivity contribution in [2.45, 2.75) is 478 Å². The fourth-order valence-corrected chi connectivity index (χ4v) is 15.1. The molecule has 0 bridgehead atoms. The second kappa shape index (κ2) is 77.0. The first-order valence-electron chi connectivity index (χ1n) is 44.8. The molecule has 0 aromatic carbocycles. The van der Waals surface area contributed by atoms with Crippen LogP contribution in [-0.4, -0.2) is 96.7 Å². The highest BCUT2D eigenvalue weighted by atomic mass is 31.2. The lowest BCUT2D eigenvalue weighted by atomic mass is 10.0. The van der Waals surface area contributed by atoms with Crippen LogP contribution in [0.3, 0.4) is 0 Å². The van der Waals surface area contributed by atoms with Gasteiger partial charge in [-0.3, -0.25) is 37.3 Å². The smallest absolute Gasteiger partial charge is 0.462 e. The number of hydrogen-bond acceptors (Lipinski definition) is 15. The van der Waals surface area contributed by atoms with Crippen LogP contribution in [0.1, 0.15) is 459 Å². The van der Waals surface area contributed by atoms with E-state index in [0.717, 1.165) is 108 Å². The molecule has 0 radical (unpaired) electrons. The molecule has 0 aliphatic carbocycles. The molecule has 2 unspecified atom stereocenters. The van der Waals surface area contributed by atoms with Gasteiger partial charge in [-0.25, -0.2) is 9.13 Å². The number of ether oxygens (including phenoxy) is 4. The molecule has 0 saturated heterocycles. The van der Waals surface area contributed by atoms with Gasteiger partial charge < -0.3 is 33.8 Å². The lowest BCUT2D eigenvalue weighted by Gasteiger charge is -2.21. The summed E-state index contributed by atoms with van der Waals surface area (Å²) in [7, 11) is -9.93. The lowest BCUT2D eigenvalue weighted by molar-refractivity contribution is -0.161. The molecule has 0 aromatic rings. The Balaban J connectivity index is 5.21. The maximum absolute atomic E-state index is 13.2. The van der Waals surface area contributed by atoms with E-state index in [4.69, 9.17) is 37.0 Å². The first-order valence-corrected chi connectivity index (χ1v) is 47.8. The minimum Gasteiger partial charge on any atom is -0.462 e. The third-order valence-corrected chi connectivity index (χ3v) is 22.3. The number of carbonyl (C=O) groups excluding carboxylic acids is 4. The van der Waals surface area contributed by atoms with Gasteiger partial charge in [0.1, 0.15) is 19.3 Å². The Morgan fingerprint density at radius 3 is 0.642 bits per heavy atom. The van der Waals surface area contributed by atoms with E-state index >= 15 is 0 Å². The number of rotatable bonds is 85. The van der Waals surface area contributed by atoms with Gasteiger partial charge in [-0.15, -0.1) is 0 Å². The fourth-order valence-electron chi connectivity index (χ4n) is 13.5. The van der Waals surface area contributed by atoms with Crippen molar-refractivity contribution in [1.29, 1.82) is 0 Å². The Morgan fingerprint density at radius 2 is 0.434 bits per heavy atom. The van der Waals surface area contributed by atoms with Gasteiger partial charge in [0.15, 0.2) is 12.2 Å². The molecule has 0 spiro atoms. The molecule has 0 aliphatic heterocycles. The lowest BCUT2D eigenvalue weighted by Crippen LogP contribution is -2.30. The van der Waals surface area contributed by atoms with Crippen LogP contribution >= 0.6 is 15.6 Å². The Labute approximate surface area is 651 Å². The predicted octanol–water partition coefficient (Wildman–Crippen LogP) is 26.5. The third-order valence-electron chi connectivity index (χ3n) is 20.4. The van der Waals surface area contributed by atoms with Gasteiger partial charge in [0.25, 0.3) is 0 Å². The van der Waals surface area contributed by atoms with Crippen LogP contribution in [-0.2, 0) is 65.4 Å². The van der Waals surface area contributed by atoms with E-state index in [0.29, 0.717) is 31.6 Å². The number of phosphoric ester groups is 2. The number of aliphatic hydroxyl groups is 1. The van der Waals surface area contributed by atoms with E-state index in [2.05, 4.69) is 48.5 Å². The Kier molecular flexibility index (Phi) is 75.6. The topological polar surface area (TPSA) is 237 Å². The van der Waals surface area contributed by atoms with Crippen molar-refractivity contribution in [2.75, 3.05) is 39.6 Å². The molecule has 106 heavy (non-hydrogen) atoms. The first kappa shape index (κ1) is 104. The van der Waals surface area contributed by atoms with Crippen LogP contribution in [0.2, 0.25) is 0 Å². The molecule has 630 valence electrons. The van der Waals surface area contributed by atoms with Crippen molar-refractivity contribution in [2.24, 2.45) is 17.8 Å². The largest absolute Gasteiger partial charge is 0.472 e. The van der Waals surface area contributed by atoms with Gasteiger partial charge in [-0.05, 0) is 43.4 Å². The first-order chi connectivity index (χ1) is 51.2. The summed E-state index contributed by atoms with van der Waals surface area (Å²) in [4.78, 5) is 73.2. The third kappa shape index (κ3) is 80.1. The second-order valence-electron chi connectivity index (χ2n) is 32.7. The van der Waals surface area contributed by atoms with Gasteiger partial charge >= 0.3 is 39.5 Å². The molecule has 0 heterocycles. The molecule has 17 nitrogen and oxygen atoms in total. The molecule has 0 saturated carbocycles. The fraction of sp³-hybridized carbons (Fsp3) is 0.954. The molecule has 0 aliphatic rings. The number of aliphatic hydroxyl groups excluding tert-OH is 1. The van der Waals surface area contributed by atoms with Crippen LogP contribution < -0.4 is 0 Å². The van der Waals surface area contributed by atoms with Crippen LogP contribution in [0.25, 0.3) is 0 Å². The molecule has 0 fully saturated rings. The normalized spacial score (nSPS) is 13.9. The molecule has 5 atom stereocenters. The van der Waals surface area contributed by atoms with Gasteiger partial charge in [-0.1, -0.05) is 408 Å². The summed E-state index contributed by atoms with van der Waals surface area (Å²) in [6, 6.07) is 0. The molecular weight excluding hydrogens is 1380 g/mol. The van der Waals surface area contributed by atoms with E-state index in [1.54, 1.807) is 0 Å². The van der Waals surface area contributed by atoms with Crippen LogP contribution in [0.5, 0.6) is 0 Å². The quantitative estimate of drug-likeness (QED) is 0.0222. The predicted molar refractivity (Wildman–Crippen MR) is 437 cm³/mol. The average Bonchev–Trinajstić information content (AvgIpc) is 0.902. The molecule has 0 rings (SSSR count). The zero-order valence-corrected chi connectivity index (χ0v) is 71.7. The van der Waals surface area contributed by atoms with Gasteiger partial charge in [-0.2, -0.15) is 0 Å². The SMILES string of the molecule is CCCCCCCCCCCCCCCCC(=O)O[C@H](COC(=O)CCCCCCCCCC(C)C)COP(=O)(O)OC[C@H](O)COP(=O)(O)OC[C@@H](COC(=O)CCCCCCCCCCCCCCCCCCCCC(C)C)OC(=O)CCCCCCCCCCCCCCCCCCCCC(C)C. The van der Waals surface area contributed by atoms with Crippen molar-refractivity contribution in [3.63, 3.8) is 0 Å². The van der Waals surface area contributed by atoms with Gasteiger partial charge in [0.05, 0.1) is 26.4 Å². The maximum Gasteiger partial charge on any atom is 0.472 e. The summed E-state index contributed by atoms with van der Waals surface area (Å²) in [5, 5.41) is 10.7. The molecule has 3 N–H and O–H groups in total.